The molecule has 0 saturated carbocycles. The van der Waals surface area contributed by atoms with Crippen molar-refractivity contribution < 1.29 is 13.2 Å². The summed E-state index contributed by atoms with van der Waals surface area (Å²) in [5, 5.41) is 0.845. The van der Waals surface area contributed by atoms with E-state index in [0.717, 1.165) is 10.2 Å². The van der Waals surface area contributed by atoms with E-state index in [4.69, 9.17) is 23.2 Å². The molecule has 10 heteroatoms. The van der Waals surface area contributed by atoms with Crippen LogP contribution in [0.15, 0.2) is 76.6 Å². The van der Waals surface area contributed by atoms with Gasteiger partial charge in [-0.3, -0.25) is 9.10 Å². The smallest absolute Gasteiger partial charge is 0.279 e. The van der Waals surface area contributed by atoms with Gasteiger partial charge in [0.25, 0.3) is 15.9 Å². The summed E-state index contributed by atoms with van der Waals surface area (Å²) < 4.78 is 29.8. The molecule has 0 N–H and O–H groups in total. The van der Waals surface area contributed by atoms with Gasteiger partial charge in [0, 0.05) is 19.2 Å². The van der Waals surface area contributed by atoms with Crippen molar-refractivity contribution in [3.8, 4) is 0 Å². The van der Waals surface area contributed by atoms with Crippen molar-refractivity contribution in [2.45, 2.75) is 18.4 Å². The average molecular weight is 520 g/mol. The molecule has 0 spiro atoms. The SMILES string of the molecule is CCn1c(=NC(=O)c2ccc(S(=O)(=O)N(C)c3ccccc3)cc2)sc2ccc(Cl)c(Cl)c21. The molecule has 1 heterocycles. The molecule has 170 valence electrons. The molecule has 0 unspecified atom stereocenters. The molecule has 33 heavy (non-hydrogen) atoms. The Morgan fingerprint density at radius 3 is 2.33 bits per heavy atom. The monoisotopic (exact) mass is 519 g/mol. The van der Waals surface area contributed by atoms with E-state index in [9.17, 15) is 13.2 Å². The second kappa shape index (κ2) is 9.30. The molecule has 0 atom stereocenters. The van der Waals surface area contributed by atoms with Crippen LogP contribution in [0.5, 0.6) is 0 Å². The number of amides is 1. The fraction of sp³-hybridized carbons (Fsp3) is 0.130. The number of hydrogen-bond acceptors (Lipinski definition) is 4. The Balaban J connectivity index is 1.67. The van der Waals surface area contributed by atoms with Gasteiger partial charge in [0.15, 0.2) is 4.80 Å². The molecule has 6 nitrogen and oxygen atoms in total. The van der Waals surface area contributed by atoms with Crippen LogP contribution in [0.2, 0.25) is 10.0 Å². The first-order valence-electron chi connectivity index (χ1n) is 9.94. The van der Waals surface area contributed by atoms with Gasteiger partial charge in [-0.05, 0) is 55.5 Å². The summed E-state index contributed by atoms with van der Waals surface area (Å²) in [6.07, 6.45) is 0. The summed E-state index contributed by atoms with van der Waals surface area (Å²) in [5.74, 6) is -0.480. The van der Waals surface area contributed by atoms with Crippen LogP contribution in [0.4, 0.5) is 5.69 Å². The number of aromatic nitrogens is 1. The largest absolute Gasteiger partial charge is 0.315 e. The number of benzene rings is 3. The van der Waals surface area contributed by atoms with Crippen molar-refractivity contribution in [3.63, 3.8) is 0 Å². The van der Waals surface area contributed by atoms with Gasteiger partial charge in [-0.15, -0.1) is 0 Å². The van der Waals surface area contributed by atoms with E-state index in [1.165, 1.54) is 47.0 Å². The lowest BCUT2D eigenvalue weighted by atomic mass is 10.2. The van der Waals surface area contributed by atoms with Crippen LogP contribution >= 0.6 is 34.5 Å². The minimum atomic E-state index is -3.77. The molecule has 0 aliphatic heterocycles. The Bertz CT molecular complexity index is 1510. The van der Waals surface area contributed by atoms with Crippen molar-refractivity contribution >= 4 is 66.4 Å². The van der Waals surface area contributed by atoms with Crippen LogP contribution < -0.4 is 9.11 Å². The third kappa shape index (κ3) is 4.44. The van der Waals surface area contributed by atoms with E-state index < -0.39 is 15.9 Å². The highest BCUT2D eigenvalue weighted by Crippen LogP contribution is 2.32. The molecule has 0 bridgehead atoms. The zero-order valence-corrected chi connectivity index (χ0v) is 20.8. The second-order valence-corrected chi connectivity index (χ2v) is 10.8. The number of hydrogen-bond donors (Lipinski definition) is 0. The van der Waals surface area contributed by atoms with E-state index in [1.807, 2.05) is 23.6 Å². The highest BCUT2D eigenvalue weighted by atomic mass is 35.5. The van der Waals surface area contributed by atoms with Crippen LogP contribution in [0.3, 0.4) is 0 Å². The van der Waals surface area contributed by atoms with E-state index in [0.29, 0.717) is 27.1 Å². The first-order chi connectivity index (χ1) is 15.7. The summed E-state index contributed by atoms with van der Waals surface area (Å²) in [6.45, 7) is 2.48. The van der Waals surface area contributed by atoms with Crippen molar-refractivity contribution in [3.05, 3.63) is 87.1 Å². The molecule has 3 aromatic carbocycles. The maximum atomic E-state index is 12.9. The number of aryl methyl sites for hydroxylation is 1. The van der Waals surface area contributed by atoms with Gasteiger partial charge in [-0.25, -0.2) is 8.42 Å². The minimum absolute atomic E-state index is 0.0808. The Morgan fingerprint density at radius 2 is 1.70 bits per heavy atom. The van der Waals surface area contributed by atoms with Gasteiger partial charge in [0.2, 0.25) is 0 Å². The zero-order valence-electron chi connectivity index (χ0n) is 17.7. The number of rotatable bonds is 5. The van der Waals surface area contributed by atoms with E-state index >= 15 is 0 Å². The van der Waals surface area contributed by atoms with Crippen LogP contribution in [0, 0.1) is 0 Å². The molecule has 0 saturated heterocycles. The normalized spacial score (nSPS) is 12.3. The number of para-hydroxylation sites is 1. The molecule has 1 amide bonds. The molecular formula is C23H19Cl2N3O3S2. The highest BCUT2D eigenvalue weighted by molar-refractivity contribution is 7.92. The third-order valence-corrected chi connectivity index (χ3v) is 8.76. The summed E-state index contributed by atoms with van der Waals surface area (Å²) in [7, 11) is -2.28. The molecule has 0 aliphatic carbocycles. The summed E-state index contributed by atoms with van der Waals surface area (Å²) in [6, 6.07) is 18.1. The molecular weight excluding hydrogens is 501 g/mol. The number of anilines is 1. The summed E-state index contributed by atoms with van der Waals surface area (Å²) >= 11 is 13.9. The second-order valence-electron chi connectivity index (χ2n) is 7.09. The highest BCUT2D eigenvalue weighted by Gasteiger charge is 2.21. The lowest BCUT2D eigenvalue weighted by Crippen LogP contribution is -2.26. The van der Waals surface area contributed by atoms with Gasteiger partial charge >= 0.3 is 0 Å². The molecule has 0 aliphatic rings. The first kappa shape index (κ1) is 23.5. The van der Waals surface area contributed by atoms with Gasteiger partial charge in [-0.2, -0.15) is 4.99 Å². The van der Waals surface area contributed by atoms with E-state index in [1.54, 1.807) is 30.3 Å². The zero-order chi connectivity index (χ0) is 23.8. The third-order valence-electron chi connectivity index (χ3n) is 5.13. The Hall–Kier alpha value is -2.65. The maximum Gasteiger partial charge on any atom is 0.279 e. The Morgan fingerprint density at radius 1 is 1.03 bits per heavy atom. The summed E-state index contributed by atoms with van der Waals surface area (Å²) in [5.41, 5.74) is 1.55. The van der Waals surface area contributed by atoms with Crippen molar-refractivity contribution in [1.29, 1.82) is 0 Å². The molecule has 1 aromatic heterocycles. The van der Waals surface area contributed by atoms with E-state index in [2.05, 4.69) is 4.99 Å². The maximum absolute atomic E-state index is 12.9. The van der Waals surface area contributed by atoms with Gasteiger partial charge in [0.05, 0.1) is 30.8 Å². The van der Waals surface area contributed by atoms with Gasteiger partial charge < -0.3 is 4.57 Å². The molecule has 0 radical (unpaired) electrons. The quantitative estimate of drug-likeness (QED) is 0.344. The fourth-order valence-corrected chi connectivity index (χ4v) is 6.11. The Labute approximate surface area is 205 Å². The number of nitrogens with zero attached hydrogens (tertiary/aromatic N) is 3. The number of carbonyl (C=O) groups is 1. The molecule has 0 fully saturated rings. The number of thiazole rings is 1. The van der Waals surface area contributed by atoms with Crippen LogP contribution in [0.1, 0.15) is 17.3 Å². The molecule has 4 aromatic rings. The fourth-order valence-electron chi connectivity index (χ4n) is 3.34. The van der Waals surface area contributed by atoms with Crippen molar-refractivity contribution in [2.75, 3.05) is 11.4 Å². The summed E-state index contributed by atoms with van der Waals surface area (Å²) in [4.78, 5) is 17.7. The van der Waals surface area contributed by atoms with Crippen molar-refractivity contribution in [1.82, 2.24) is 4.57 Å². The number of sulfonamides is 1. The minimum Gasteiger partial charge on any atom is -0.315 e. The van der Waals surface area contributed by atoms with Crippen LogP contribution in [-0.2, 0) is 16.6 Å². The lowest BCUT2D eigenvalue weighted by molar-refractivity contribution is 0.0997. The topological polar surface area (TPSA) is 71.7 Å². The number of halogens is 2. The van der Waals surface area contributed by atoms with Gasteiger partial charge in [0.1, 0.15) is 0 Å². The van der Waals surface area contributed by atoms with E-state index in [-0.39, 0.29) is 10.5 Å². The lowest BCUT2D eigenvalue weighted by Gasteiger charge is -2.19. The Kier molecular flexibility index (Phi) is 6.63. The number of carbonyl (C=O) groups excluding carboxylic acids is 1. The standard InChI is InChI=1S/C23H19Cl2N3O3S2/c1-3-28-21-19(14-13-18(24)20(21)25)32-23(28)26-22(29)15-9-11-17(12-10-15)33(30,31)27(2)16-7-5-4-6-8-16/h4-14H,3H2,1-2H3. The predicted molar refractivity (Wildman–Crippen MR) is 134 cm³/mol. The first-order valence-corrected chi connectivity index (χ1v) is 13.0. The number of fused-ring (bicyclic) bond motifs is 1. The van der Waals surface area contributed by atoms with Gasteiger partial charge in [-0.1, -0.05) is 52.7 Å². The predicted octanol–water partition coefficient (Wildman–Crippen LogP) is 5.60. The van der Waals surface area contributed by atoms with Crippen molar-refractivity contribution in [2.24, 2.45) is 4.99 Å². The average Bonchev–Trinajstić information content (AvgIpc) is 3.19. The van der Waals surface area contributed by atoms with Crippen LogP contribution in [-0.4, -0.2) is 25.9 Å². The molecule has 4 rings (SSSR count). The van der Waals surface area contributed by atoms with Crippen LogP contribution in [0.25, 0.3) is 10.2 Å².